The molecule has 106 valence electrons. The van der Waals surface area contributed by atoms with Crippen LogP contribution in [0.25, 0.3) is 0 Å². The average Bonchev–Trinajstić information content (AvgIpc) is 3.10. The molecule has 0 bridgehead atoms. The molecule has 6 heteroatoms. The minimum atomic E-state index is 0.711. The lowest BCUT2D eigenvalue weighted by Crippen LogP contribution is -2.35. The highest BCUT2D eigenvalue weighted by molar-refractivity contribution is 7.71. The van der Waals surface area contributed by atoms with E-state index in [9.17, 15) is 0 Å². The second kappa shape index (κ2) is 5.63. The number of aromatic nitrogens is 3. The lowest BCUT2D eigenvalue weighted by atomic mass is 10.2. The first kappa shape index (κ1) is 13.1. The third-order valence-corrected chi connectivity index (χ3v) is 4.60. The molecule has 0 saturated carbocycles. The van der Waals surface area contributed by atoms with Crippen LogP contribution in [0.2, 0.25) is 0 Å². The molecule has 1 atom stereocenters. The largest absolute Gasteiger partial charge is 0.339 e. The Kier molecular flexibility index (Phi) is 3.88. The number of nitrogens with zero attached hydrogens (tertiary/aromatic N) is 4. The summed E-state index contributed by atoms with van der Waals surface area (Å²) >= 11 is 5.32. The SMILES string of the molecule is CCCn1c(N2CCC(N3CCCC3)C2)n[nH]c1=S. The van der Waals surface area contributed by atoms with Crippen molar-refractivity contribution >= 4 is 18.2 Å². The Bertz CT molecular complexity index is 474. The van der Waals surface area contributed by atoms with Gasteiger partial charge in [0, 0.05) is 25.7 Å². The number of hydrogen-bond acceptors (Lipinski definition) is 4. The van der Waals surface area contributed by atoms with E-state index in [1.807, 2.05) is 0 Å². The van der Waals surface area contributed by atoms with Crippen LogP contribution in [-0.4, -0.2) is 51.9 Å². The Balaban J connectivity index is 1.72. The molecule has 2 saturated heterocycles. The van der Waals surface area contributed by atoms with Crippen LogP contribution in [0, 0.1) is 4.77 Å². The normalized spacial score (nSPS) is 24.5. The zero-order valence-corrected chi connectivity index (χ0v) is 12.5. The number of likely N-dealkylation sites (tertiary alicyclic amines) is 1. The lowest BCUT2D eigenvalue weighted by molar-refractivity contribution is 0.260. The van der Waals surface area contributed by atoms with Gasteiger partial charge >= 0.3 is 0 Å². The van der Waals surface area contributed by atoms with Crippen molar-refractivity contribution in [2.45, 2.75) is 45.2 Å². The fourth-order valence-electron chi connectivity index (χ4n) is 3.30. The maximum Gasteiger partial charge on any atom is 0.225 e. The van der Waals surface area contributed by atoms with Crippen LogP contribution in [0.15, 0.2) is 0 Å². The first-order valence-corrected chi connectivity index (χ1v) is 7.84. The molecule has 0 spiro atoms. The number of hydrogen-bond donors (Lipinski definition) is 1. The minimum Gasteiger partial charge on any atom is -0.339 e. The number of aromatic amines is 1. The van der Waals surface area contributed by atoms with Gasteiger partial charge in [-0.05, 0) is 51.0 Å². The average molecular weight is 281 g/mol. The van der Waals surface area contributed by atoms with Gasteiger partial charge in [-0.1, -0.05) is 6.92 Å². The Morgan fingerprint density at radius 1 is 1.32 bits per heavy atom. The fourth-order valence-corrected chi connectivity index (χ4v) is 3.52. The van der Waals surface area contributed by atoms with Crippen LogP contribution in [0.5, 0.6) is 0 Å². The summed E-state index contributed by atoms with van der Waals surface area (Å²) in [6.07, 6.45) is 5.08. The Labute approximate surface area is 119 Å². The molecule has 0 aliphatic carbocycles. The van der Waals surface area contributed by atoms with Crippen molar-refractivity contribution in [1.29, 1.82) is 0 Å². The van der Waals surface area contributed by atoms with Gasteiger partial charge in [-0.25, -0.2) is 5.10 Å². The van der Waals surface area contributed by atoms with E-state index in [-0.39, 0.29) is 0 Å². The maximum atomic E-state index is 5.32. The van der Waals surface area contributed by atoms with Gasteiger partial charge in [0.15, 0.2) is 4.77 Å². The molecule has 1 N–H and O–H groups in total. The summed E-state index contributed by atoms with van der Waals surface area (Å²) in [5.41, 5.74) is 0. The summed E-state index contributed by atoms with van der Waals surface area (Å²) < 4.78 is 2.89. The second-order valence-electron chi connectivity index (χ2n) is 5.61. The molecule has 3 heterocycles. The molecule has 2 aliphatic heterocycles. The minimum absolute atomic E-state index is 0.711. The monoisotopic (exact) mass is 281 g/mol. The van der Waals surface area contributed by atoms with Crippen molar-refractivity contribution in [3.63, 3.8) is 0 Å². The quantitative estimate of drug-likeness (QED) is 0.857. The predicted molar refractivity (Wildman–Crippen MR) is 79.1 cm³/mol. The Morgan fingerprint density at radius 2 is 2.11 bits per heavy atom. The van der Waals surface area contributed by atoms with E-state index in [1.165, 1.54) is 32.4 Å². The number of H-pyrrole nitrogens is 1. The second-order valence-corrected chi connectivity index (χ2v) is 6.00. The van der Waals surface area contributed by atoms with Crippen LogP contribution < -0.4 is 4.90 Å². The van der Waals surface area contributed by atoms with Gasteiger partial charge in [0.1, 0.15) is 0 Å². The fraction of sp³-hybridized carbons (Fsp3) is 0.846. The summed E-state index contributed by atoms with van der Waals surface area (Å²) in [4.78, 5) is 5.04. The summed E-state index contributed by atoms with van der Waals surface area (Å²) in [5, 5.41) is 7.37. The zero-order chi connectivity index (χ0) is 13.2. The van der Waals surface area contributed by atoms with Gasteiger partial charge in [-0.3, -0.25) is 9.47 Å². The van der Waals surface area contributed by atoms with Crippen molar-refractivity contribution in [3.05, 3.63) is 4.77 Å². The molecule has 1 unspecified atom stereocenters. The van der Waals surface area contributed by atoms with E-state index in [0.29, 0.717) is 6.04 Å². The Hall–Kier alpha value is -0.880. The van der Waals surface area contributed by atoms with E-state index in [4.69, 9.17) is 12.2 Å². The molecular formula is C13H23N5S. The molecule has 5 nitrogen and oxygen atoms in total. The van der Waals surface area contributed by atoms with Crippen LogP contribution in [0.4, 0.5) is 5.95 Å². The van der Waals surface area contributed by atoms with E-state index in [0.717, 1.165) is 36.8 Å². The van der Waals surface area contributed by atoms with Crippen LogP contribution in [0.1, 0.15) is 32.6 Å². The van der Waals surface area contributed by atoms with Gasteiger partial charge < -0.3 is 4.90 Å². The zero-order valence-electron chi connectivity index (χ0n) is 11.6. The van der Waals surface area contributed by atoms with Crippen molar-refractivity contribution in [3.8, 4) is 0 Å². The van der Waals surface area contributed by atoms with E-state index in [2.05, 4.69) is 31.5 Å². The number of rotatable bonds is 4. The van der Waals surface area contributed by atoms with Crippen molar-refractivity contribution < 1.29 is 0 Å². The molecule has 2 aliphatic rings. The number of nitrogens with one attached hydrogen (secondary N) is 1. The lowest BCUT2D eigenvalue weighted by Gasteiger charge is -2.24. The van der Waals surface area contributed by atoms with Crippen molar-refractivity contribution in [2.24, 2.45) is 0 Å². The standard InChI is InChI=1S/C13H23N5S/c1-2-6-18-12(14-15-13(18)19)17-9-5-11(10-17)16-7-3-4-8-16/h11H,2-10H2,1H3,(H,15,19). The first-order valence-electron chi connectivity index (χ1n) is 7.44. The van der Waals surface area contributed by atoms with Crippen LogP contribution in [0.3, 0.4) is 0 Å². The third kappa shape index (κ3) is 2.56. The molecule has 2 fully saturated rings. The molecule has 0 aromatic carbocycles. The van der Waals surface area contributed by atoms with E-state index >= 15 is 0 Å². The molecule has 1 aromatic heterocycles. The highest BCUT2D eigenvalue weighted by Crippen LogP contribution is 2.24. The van der Waals surface area contributed by atoms with Gasteiger partial charge in [-0.2, -0.15) is 0 Å². The van der Waals surface area contributed by atoms with E-state index in [1.54, 1.807) is 0 Å². The van der Waals surface area contributed by atoms with Gasteiger partial charge in [0.05, 0.1) is 0 Å². The summed E-state index contributed by atoms with van der Waals surface area (Å²) in [6.45, 7) is 7.89. The molecule has 1 aromatic rings. The number of anilines is 1. The van der Waals surface area contributed by atoms with Gasteiger partial charge in [0.25, 0.3) is 0 Å². The van der Waals surface area contributed by atoms with Gasteiger partial charge in [-0.15, -0.1) is 5.10 Å². The summed E-state index contributed by atoms with van der Waals surface area (Å²) in [6, 6.07) is 0.711. The van der Waals surface area contributed by atoms with Crippen molar-refractivity contribution in [1.82, 2.24) is 19.7 Å². The highest BCUT2D eigenvalue weighted by Gasteiger charge is 2.31. The van der Waals surface area contributed by atoms with Gasteiger partial charge in [0.2, 0.25) is 5.95 Å². The van der Waals surface area contributed by atoms with Crippen LogP contribution >= 0.6 is 12.2 Å². The van der Waals surface area contributed by atoms with Crippen molar-refractivity contribution in [2.75, 3.05) is 31.1 Å². The first-order chi connectivity index (χ1) is 9.29. The van der Waals surface area contributed by atoms with E-state index < -0.39 is 0 Å². The maximum absolute atomic E-state index is 5.32. The predicted octanol–water partition coefficient (Wildman–Crippen LogP) is 2.03. The molecular weight excluding hydrogens is 258 g/mol. The summed E-state index contributed by atoms with van der Waals surface area (Å²) in [5.74, 6) is 1.04. The topological polar surface area (TPSA) is 40.1 Å². The summed E-state index contributed by atoms with van der Waals surface area (Å²) in [7, 11) is 0. The highest BCUT2D eigenvalue weighted by atomic mass is 32.1. The Morgan fingerprint density at radius 3 is 2.84 bits per heavy atom. The third-order valence-electron chi connectivity index (χ3n) is 4.29. The molecule has 0 amide bonds. The molecule has 19 heavy (non-hydrogen) atoms. The van der Waals surface area contributed by atoms with Crippen LogP contribution in [-0.2, 0) is 6.54 Å². The molecule has 0 radical (unpaired) electrons. The smallest absolute Gasteiger partial charge is 0.225 e. The molecule has 3 rings (SSSR count).